The fourth-order valence-corrected chi connectivity index (χ4v) is 5.23. The van der Waals surface area contributed by atoms with E-state index in [0.29, 0.717) is 43.4 Å². The second-order valence-corrected chi connectivity index (χ2v) is 9.16. The van der Waals surface area contributed by atoms with Crippen molar-refractivity contribution < 1.29 is 27.4 Å². The van der Waals surface area contributed by atoms with Gasteiger partial charge in [-0.2, -0.15) is 0 Å². The summed E-state index contributed by atoms with van der Waals surface area (Å²) in [4.78, 5) is 12.4. The lowest BCUT2D eigenvalue weighted by Gasteiger charge is -2.29. The van der Waals surface area contributed by atoms with Gasteiger partial charge in [0.05, 0.1) is 12.2 Å². The van der Waals surface area contributed by atoms with Crippen LogP contribution in [0.4, 0.5) is 13.2 Å². The summed E-state index contributed by atoms with van der Waals surface area (Å²) in [5.41, 5.74) is 1.07. The number of hydrogen-bond donors (Lipinski definition) is 0. The molecule has 0 bridgehead atoms. The molecule has 0 unspecified atom stereocenters. The lowest BCUT2D eigenvalue weighted by molar-refractivity contribution is 0.0193. The highest BCUT2D eigenvalue weighted by atomic mass is 19.2. The smallest absolute Gasteiger partial charge is 0.338 e. The van der Waals surface area contributed by atoms with E-state index in [4.69, 9.17) is 9.47 Å². The minimum absolute atomic E-state index is 0.0957. The van der Waals surface area contributed by atoms with Crippen molar-refractivity contribution in [3.63, 3.8) is 0 Å². The molecule has 2 saturated carbocycles. The van der Waals surface area contributed by atoms with Gasteiger partial charge in [-0.05, 0) is 86.6 Å². The van der Waals surface area contributed by atoms with Crippen LogP contribution in [0.15, 0.2) is 30.3 Å². The van der Waals surface area contributed by atoms with Crippen LogP contribution in [-0.4, -0.2) is 18.7 Å². The molecular weight excluding hydrogens is 429 g/mol. The van der Waals surface area contributed by atoms with Crippen molar-refractivity contribution in [3.05, 3.63) is 64.5 Å². The second-order valence-electron chi connectivity index (χ2n) is 9.16. The zero-order valence-electron chi connectivity index (χ0n) is 19.0. The molecule has 0 aliphatic heterocycles. The molecule has 0 atom stereocenters. The highest BCUT2D eigenvalue weighted by molar-refractivity contribution is 5.89. The third-order valence-corrected chi connectivity index (χ3v) is 7.04. The molecule has 6 heteroatoms. The van der Waals surface area contributed by atoms with Crippen LogP contribution in [-0.2, 0) is 4.74 Å². The topological polar surface area (TPSA) is 35.5 Å². The van der Waals surface area contributed by atoms with E-state index in [1.807, 2.05) is 0 Å². The van der Waals surface area contributed by atoms with E-state index in [-0.39, 0.29) is 29.3 Å². The van der Waals surface area contributed by atoms with Gasteiger partial charge in [-0.1, -0.05) is 31.4 Å². The summed E-state index contributed by atoms with van der Waals surface area (Å²) in [6.45, 7) is 2.08. The Labute approximate surface area is 193 Å². The predicted octanol–water partition coefficient (Wildman–Crippen LogP) is 7.43. The molecule has 4 rings (SSSR count). The summed E-state index contributed by atoms with van der Waals surface area (Å²) < 4.78 is 54.6. The van der Waals surface area contributed by atoms with Crippen LogP contribution in [0.3, 0.4) is 0 Å². The van der Waals surface area contributed by atoms with Crippen molar-refractivity contribution in [1.82, 2.24) is 0 Å². The van der Waals surface area contributed by atoms with Gasteiger partial charge in [0, 0.05) is 0 Å². The quantitative estimate of drug-likeness (QED) is 0.421. The van der Waals surface area contributed by atoms with Gasteiger partial charge in [0.1, 0.15) is 6.10 Å². The molecule has 2 aliphatic carbocycles. The Morgan fingerprint density at radius 1 is 0.848 bits per heavy atom. The van der Waals surface area contributed by atoms with E-state index < -0.39 is 23.4 Å². The fraction of sp³-hybridized carbons (Fsp3) is 0.519. The van der Waals surface area contributed by atoms with E-state index >= 15 is 0 Å². The first-order valence-electron chi connectivity index (χ1n) is 12.1. The lowest BCUT2D eigenvalue weighted by Crippen LogP contribution is -2.24. The summed E-state index contributed by atoms with van der Waals surface area (Å²) in [6.07, 6.45) is 7.15. The van der Waals surface area contributed by atoms with E-state index in [1.54, 1.807) is 19.1 Å². The number of hydrogen-bond acceptors (Lipinski definition) is 3. The summed E-state index contributed by atoms with van der Waals surface area (Å²) in [6, 6.07) is 7.54. The normalized spacial score (nSPS) is 21.6. The Bertz CT molecular complexity index is 977. The molecule has 0 saturated heterocycles. The maximum absolute atomic E-state index is 14.9. The Kier molecular flexibility index (Phi) is 7.61. The van der Waals surface area contributed by atoms with Gasteiger partial charge < -0.3 is 9.47 Å². The minimum atomic E-state index is -0.719. The second kappa shape index (κ2) is 10.6. The van der Waals surface area contributed by atoms with Gasteiger partial charge in [-0.3, -0.25) is 0 Å². The Morgan fingerprint density at radius 3 is 2.03 bits per heavy atom. The standard InChI is InChI=1S/C27H31F3O3/c1-2-32-24-15-10-19(16-23(24)28)27(31)33-20-11-8-18(9-12-20)22-14-13-21(25(29)26(22)30)17-6-4-3-5-7-17/h10,13-18,20H,2-9,11-12H2,1H3. The highest BCUT2D eigenvalue weighted by Crippen LogP contribution is 2.40. The zero-order valence-corrected chi connectivity index (χ0v) is 19.0. The molecule has 0 amide bonds. The number of ether oxygens (including phenoxy) is 2. The Balaban J connectivity index is 1.35. The fourth-order valence-electron chi connectivity index (χ4n) is 5.23. The van der Waals surface area contributed by atoms with Crippen LogP contribution in [0.1, 0.15) is 98.0 Å². The van der Waals surface area contributed by atoms with Crippen molar-refractivity contribution >= 4 is 5.97 Å². The molecular formula is C27H31F3O3. The van der Waals surface area contributed by atoms with Crippen molar-refractivity contribution in [2.45, 2.75) is 82.7 Å². The van der Waals surface area contributed by atoms with Crippen molar-refractivity contribution in [3.8, 4) is 5.75 Å². The van der Waals surface area contributed by atoms with Crippen LogP contribution in [0.2, 0.25) is 0 Å². The number of rotatable bonds is 6. The molecule has 2 aliphatic rings. The van der Waals surface area contributed by atoms with E-state index in [9.17, 15) is 18.0 Å². The molecule has 2 fully saturated rings. The van der Waals surface area contributed by atoms with Crippen LogP contribution in [0, 0.1) is 17.5 Å². The third-order valence-electron chi connectivity index (χ3n) is 7.04. The number of benzene rings is 2. The predicted molar refractivity (Wildman–Crippen MR) is 120 cm³/mol. The molecule has 2 aromatic rings. The molecule has 0 N–H and O–H groups in total. The van der Waals surface area contributed by atoms with Gasteiger partial charge >= 0.3 is 5.97 Å². The molecule has 2 aromatic carbocycles. The summed E-state index contributed by atoms with van der Waals surface area (Å²) in [5, 5.41) is 0. The number of carbonyl (C=O) groups excluding carboxylic acids is 1. The summed E-state index contributed by atoms with van der Waals surface area (Å²) in [7, 11) is 0. The average molecular weight is 461 g/mol. The van der Waals surface area contributed by atoms with Gasteiger partial charge in [-0.15, -0.1) is 0 Å². The Hall–Kier alpha value is -2.50. The van der Waals surface area contributed by atoms with Crippen molar-refractivity contribution in [2.24, 2.45) is 0 Å². The largest absolute Gasteiger partial charge is 0.491 e. The van der Waals surface area contributed by atoms with Crippen LogP contribution in [0.25, 0.3) is 0 Å². The maximum Gasteiger partial charge on any atom is 0.338 e. The van der Waals surface area contributed by atoms with Crippen molar-refractivity contribution in [1.29, 1.82) is 0 Å². The monoisotopic (exact) mass is 460 g/mol. The van der Waals surface area contributed by atoms with Crippen LogP contribution in [0.5, 0.6) is 5.75 Å². The highest BCUT2D eigenvalue weighted by Gasteiger charge is 2.30. The zero-order chi connectivity index (χ0) is 23.4. The van der Waals surface area contributed by atoms with E-state index in [1.165, 1.54) is 18.6 Å². The van der Waals surface area contributed by atoms with Gasteiger partial charge in [0.15, 0.2) is 23.2 Å². The van der Waals surface area contributed by atoms with E-state index in [0.717, 1.165) is 31.7 Å². The summed E-state index contributed by atoms with van der Waals surface area (Å²) >= 11 is 0. The van der Waals surface area contributed by atoms with Crippen LogP contribution >= 0.6 is 0 Å². The number of halogens is 3. The molecule has 33 heavy (non-hydrogen) atoms. The average Bonchev–Trinajstić information content (AvgIpc) is 2.83. The first-order valence-corrected chi connectivity index (χ1v) is 12.1. The van der Waals surface area contributed by atoms with Gasteiger partial charge in [0.25, 0.3) is 0 Å². The number of esters is 1. The van der Waals surface area contributed by atoms with E-state index in [2.05, 4.69) is 0 Å². The molecule has 0 radical (unpaired) electrons. The minimum Gasteiger partial charge on any atom is -0.491 e. The molecule has 0 spiro atoms. The van der Waals surface area contributed by atoms with Crippen molar-refractivity contribution in [2.75, 3.05) is 6.61 Å². The van der Waals surface area contributed by atoms with Crippen LogP contribution < -0.4 is 4.74 Å². The molecule has 0 aromatic heterocycles. The lowest BCUT2D eigenvalue weighted by atomic mass is 9.80. The third kappa shape index (κ3) is 5.36. The van der Waals surface area contributed by atoms with Gasteiger partial charge in [0.2, 0.25) is 0 Å². The SMILES string of the molecule is CCOc1ccc(C(=O)OC2CCC(c3ccc(C4CCCCC4)c(F)c3F)CC2)cc1F. The summed E-state index contributed by atoms with van der Waals surface area (Å²) in [5.74, 6) is -2.49. The molecule has 178 valence electrons. The molecule has 3 nitrogen and oxygen atoms in total. The Morgan fingerprint density at radius 2 is 1.45 bits per heavy atom. The maximum atomic E-state index is 14.9. The molecule has 0 heterocycles. The first kappa shape index (κ1) is 23.7. The first-order chi connectivity index (χ1) is 16.0. The number of carbonyl (C=O) groups is 1. The van der Waals surface area contributed by atoms with Gasteiger partial charge in [-0.25, -0.2) is 18.0 Å².